The highest BCUT2D eigenvalue weighted by Gasteiger charge is 2.45. The molecule has 3 aromatic rings. The van der Waals surface area contributed by atoms with Crippen LogP contribution in [0.15, 0.2) is 29.6 Å². The number of hydrogen-bond acceptors (Lipinski definition) is 9. The van der Waals surface area contributed by atoms with Gasteiger partial charge in [0.2, 0.25) is 5.91 Å². The number of benzene rings is 1. The maximum Gasteiger partial charge on any atom is 0.310 e. The first-order valence-corrected chi connectivity index (χ1v) is 14.6. The summed E-state index contributed by atoms with van der Waals surface area (Å²) in [6.07, 6.45) is 2.68. The molecule has 1 saturated heterocycles. The number of carbonyl (C=O) groups is 3. The van der Waals surface area contributed by atoms with E-state index in [0.717, 1.165) is 21.6 Å². The molecule has 1 aromatic carbocycles. The molecule has 0 spiro atoms. The van der Waals surface area contributed by atoms with Crippen molar-refractivity contribution in [3.63, 3.8) is 0 Å². The Kier molecular flexibility index (Phi) is 7.52. The van der Waals surface area contributed by atoms with Gasteiger partial charge >= 0.3 is 5.97 Å². The molecule has 9 nitrogen and oxygen atoms in total. The molecule has 2 N–H and O–H groups in total. The SMILES string of the molecule is COC(=O)C1CC(NC(C)(C)C)CCC1N1CC[C@H](NC(=O)c2nc(-c3nc4ccccc4s3)cs2)C1=O. The van der Waals surface area contributed by atoms with E-state index in [2.05, 4.69) is 41.4 Å². The Balaban J connectivity index is 1.24. The van der Waals surface area contributed by atoms with E-state index >= 15 is 0 Å². The average molecular weight is 556 g/mol. The monoisotopic (exact) mass is 555 g/mol. The number of thiazole rings is 2. The number of fused-ring (bicyclic) bond motifs is 1. The minimum absolute atomic E-state index is 0.0697. The van der Waals surface area contributed by atoms with Crippen molar-refractivity contribution in [3.8, 4) is 10.7 Å². The Morgan fingerprint density at radius 1 is 1.13 bits per heavy atom. The number of esters is 1. The molecule has 3 heterocycles. The summed E-state index contributed by atoms with van der Waals surface area (Å²) in [6, 6.07) is 7.17. The minimum atomic E-state index is -0.638. The number of nitrogens with zero attached hydrogens (tertiary/aromatic N) is 3. The van der Waals surface area contributed by atoms with E-state index in [1.807, 2.05) is 29.6 Å². The molecule has 3 unspecified atom stereocenters. The van der Waals surface area contributed by atoms with E-state index in [9.17, 15) is 14.4 Å². The predicted molar refractivity (Wildman–Crippen MR) is 148 cm³/mol. The molecule has 2 amide bonds. The number of ether oxygens (including phenoxy) is 1. The topological polar surface area (TPSA) is 114 Å². The summed E-state index contributed by atoms with van der Waals surface area (Å²) in [5, 5.41) is 9.34. The second-order valence-electron chi connectivity index (χ2n) is 11.0. The Morgan fingerprint density at radius 2 is 1.92 bits per heavy atom. The van der Waals surface area contributed by atoms with E-state index in [0.29, 0.717) is 36.5 Å². The quantitative estimate of drug-likeness (QED) is 0.444. The summed E-state index contributed by atoms with van der Waals surface area (Å²) in [4.78, 5) is 50.0. The standard InChI is InChI=1S/C27H33N5O4S2/c1-27(2,3)31-15-9-10-20(16(13-15)26(35)36-4)32-12-11-18(25(32)34)28-22(33)24-30-19(14-37-24)23-29-17-7-5-6-8-21(17)38-23/h5-8,14-16,18,20,31H,9-13H2,1-4H3,(H,28,33)/t15?,16?,18-,20?/m0/s1. The van der Waals surface area contributed by atoms with Gasteiger partial charge in [-0.25, -0.2) is 9.97 Å². The fourth-order valence-electron chi connectivity index (χ4n) is 5.52. The largest absolute Gasteiger partial charge is 0.469 e. The number of methoxy groups -OCH3 is 1. The Morgan fingerprint density at radius 3 is 2.66 bits per heavy atom. The van der Waals surface area contributed by atoms with Crippen molar-refractivity contribution in [1.29, 1.82) is 0 Å². The summed E-state index contributed by atoms with van der Waals surface area (Å²) >= 11 is 2.77. The molecule has 1 aliphatic heterocycles. The average Bonchev–Trinajstić information content (AvgIpc) is 3.61. The number of carbonyl (C=O) groups excluding carboxylic acids is 3. The van der Waals surface area contributed by atoms with Crippen molar-refractivity contribution < 1.29 is 19.1 Å². The van der Waals surface area contributed by atoms with Crippen LogP contribution in [0, 0.1) is 5.92 Å². The third kappa shape index (κ3) is 5.60. The van der Waals surface area contributed by atoms with Crippen LogP contribution >= 0.6 is 22.7 Å². The maximum absolute atomic E-state index is 13.4. The van der Waals surface area contributed by atoms with Crippen molar-refractivity contribution in [2.24, 2.45) is 5.92 Å². The van der Waals surface area contributed by atoms with Crippen LogP contribution in [0.25, 0.3) is 20.9 Å². The maximum atomic E-state index is 13.4. The number of hydrogen-bond donors (Lipinski definition) is 2. The number of amides is 2. The van der Waals surface area contributed by atoms with Crippen LogP contribution in [-0.2, 0) is 14.3 Å². The highest BCUT2D eigenvalue weighted by atomic mass is 32.1. The second-order valence-corrected chi connectivity index (χ2v) is 12.9. The molecule has 1 saturated carbocycles. The first kappa shape index (κ1) is 26.7. The number of nitrogens with one attached hydrogen (secondary N) is 2. The number of para-hydroxylation sites is 1. The predicted octanol–water partition coefficient (Wildman–Crippen LogP) is 3.85. The molecular weight excluding hydrogens is 522 g/mol. The van der Waals surface area contributed by atoms with Gasteiger partial charge in [-0.2, -0.15) is 0 Å². The second kappa shape index (κ2) is 10.7. The van der Waals surface area contributed by atoms with E-state index in [1.54, 1.807) is 4.90 Å². The first-order chi connectivity index (χ1) is 18.1. The zero-order valence-electron chi connectivity index (χ0n) is 22.0. The van der Waals surface area contributed by atoms with Crippen LogP contribution in [-0.4, -0.2) is 70.0 Å². The summed E-state index contributed by atoms with van der Waals surface area (Å²) < 4.78 is 6.18. The lowest BCUT2D eigenvalue weighted by Crippen LogP contribution is -2.55. The molecule has 1 aliphatic carbocycles. The molecule has 4 atom stereocenters. The van der Waals surface area contributed by atoms with Gasteiger partial charge in [0.15, 0.2) is 5.01 Å². The van der Waals surface area contributed by atoms with Crippen molar-refractivity contribution in [1.82, 2.24) is 25.5 Å². The molecule has 2 aliphatic rings. The smallest absolute Gasteiger partial charge is 0.310 e. The molecule has 0 bridgehead atoms. The Bertz CT molecular complexity index is 1310. The van der Waals surface area contributed by atoms with Gasteiger partial charge in [0.25, 0.3) is 5.91 Å². The number of rotatable bonds is 6. The van der Waals surface area contributed by atoms with Crippen LogP contribution in [0.4, 0.5) is 0 Å². The summed E-state index contributed by atoms with van der Waals surface area (Å²) in [5.41, 5.74) is 1.48. The molecule has 38 heavy (non-hydrogen) atoms. The third-order valence-corrected chi connectivity index (χ3v) is 9.01. The van der Waals surface area contributed by atoms with Crippen LogP contribution in [0.2, 0.25) is 0 Å². The van der Waals surface area contributed by atoms with E-state index in [4.69, 9.17) is 4.74 Å². The van der Waals surface area contributed by atoms with Crippen LogP contribution < -0.4 is 10.6 Å². The van der Waals surface area contributed by atoms with E-state index in [1.165, 1.54) is 29.8 Å². The Hall–Kier alpha value is -2.89. The van der Waals surface area contributed by atoms with Gasteiger partial charge in [-0.3, -0.25) is 14.4 Å². The summed E-state index contributed by atoms with van der Waals surface area (Å²) in [7, 11) is 1.39. The highest BCUT2D eigenvalue weighted by molar-refractivity contribution is 7.22. The molecule has 0 radical (unpaired) electrons. The normalized spacial score (nSPS) is 24.1. The zero-order chi connectivity index (χ0) is 27.0. The molecule has 2 aromatic heterocycles. The van der Waals surface area contributed by atoms with Gasteiger partial charge in [0.1, 0.15) is 16.7 Å². The van der Waals surface area contributed by atoms with Crippen molar-refractivity contribution in [3.05, 3.63) is 34.7 Å². The lowest BCUT2D eigenvalue weighted by Gasteiger charge is -2.41. The third-order valence-electron chi connectivity index (χ3n) is 7.11. The molecule has 2 fully saturated rings. The first-order valence-electron chi connectivity index (χ1n) is 12.9. The van der Waals surface area contributed by atoms with Crippen LogP contribution in [0.3, 0.4) is 0 Å². The minimum Gasteiger partial charge on any atom is -0.469 e. The molecule has 202 valence electrons. The summed E-state index contributed by atoms with van der Waals surface area (Å²) in [6.45, 7) is 6.81. The van der Waals surface area contributed by atoms with Crippen LogP contribution in [0.5, 0.6) is 0 Å². The van der Waals surface area contributed by atoms with Crippen molar-refractivity contribution in [2.45, 2.75) is 70.1 Å². The fraction of sp³-hybridized carbons (Fsp3) is 0.519. The number of likely N-dealkylation sites (tertiary alicyclic amines) is 1. The van der Waals surface area contributed by atoms with E-state index < -0.39 is 12.0 Å². The fourth-order valence-corrected chi connectivity index (χ4v) is 7.22. The molecule has 5 rings (SSSR count). The van der Waals surface area contributed by atoms with Crippen molar-refractivity contribution >= 4 is 50.7 Å². The lowest BCUT2D eigenvalue weighted by atomic mass is 9.80. The van der Waals surface area contributed by atoms with Gasteiger partial charge < -0.3 is 20.3 Å². The van der Waals surface area contributed by atoms with Gasteiger partial charge in [0.05, 0.1) is 23.2 Å². The highest BCUT2D eigenvalue weighted by Crippen LogP contribution is 2.34. The zero-order valence-corrected chi connectivity index (χ0v) is 23.7. The van der Waals surface area contributed by atoms with Crippen LogP contribution in [0.1, 0.15) is 56.3 Å². The molecular formula is C27H33N5O4S2. The van der Waals surface area contributed by atoms with Gasteiger partial charge in [-0.05, 0) is 58.6 Å². The Labute approximate surface area is 230 Å². The van der Waals surface area contributed by atoms with Crippen molar-refractivity contribution in [2.75, 3.05) is 13.7 Å². The summed E-state index contributed by atoms with van der Waals surface area (Å²) in [5.74, 6) is -1.21. The molecule has 11 heteroatoms. The van der Waals surface area contributed by atoms with E-state index in [-0.39, 0.29) is 35.4 Å². The van der Waals surface area contributed by atoms with Gasteiger partial charge in [-0.1, -0.05) is 12.1 Å². The number of aromatic nitrogens is 2. The van der Waals surface area contributed by atoms with Gasteiger partial charge in [-0.15, -0.1) is 22.7 Å². The lowest BCUT2D eigenvalue weighted by molar-refractivity contribution is -0.151. The van der Waals surface area contributed by atoms with Gasteiger partial charge in [0, 0.05) is 29.5 Å².